The minimum atomic E-state index is -4.74. The van der Waals surface area contributed by atoms with Gasteiger partial charge in [-0.1, -0.05) is 0 Å². The summed E-state index contributed by atoms with van der Waals surface area (Å²) in [6.07, 6.45) is 0.576. The molecule has 170 valence electrons. The van der Waals surface area contributed by atoms with Gasteiger partial charge < -0.3 is 4.42 Å². The Labute approximate surface area is 184 Å². The van der Waals surface area contributed by atoms with E-state index in [9.17, 15) is 26.4 Å². The summed E-state index contributed by atoms with van der Waals surface area (Å²) in [6, 6.07) is 6.12. The quantitative estimate of drug-likeness (QED) is 0.264. The van der Waals surface area contributed by atoms with Crippen molar-refractivity contribution in [2.45, 2.75) is 22.5 Å². The second-order valence-corrected chi connectivity index (χ2v) is 8.80. The average Bonchev–Trinajstić information content (AvgIpc) is 3.23. The number of sulfone groups is 1. The van der Waals surface area contributed by atoms with E-state index in [2.05, 4.69) is 15.0 Å². The average molecular weight is 477 g/mol. The lowest BCUT2D eigenvalue weighted by atomic mass is 10.3. The minimum Gasteiger partial charge on any atom is -0.449 e. The Morgan fingerprint density at radius 1 is 1.03 bits per heavy atom. The summed E-state index contributed by atoms with van der Waals surface area (Å²) in [6.45, 7) is -0.181. The molecule has 0 atom stereocenters. The van der Waals surface area contributed by atoms with Gasteiger partial charge in [-0.25, -0.2) is 14.3 Å². The van der Waals surface area contributed by atoms with Crippen LogP contribution >= 0.6 is 0 Å². The van der Waals surface area contributed by atoms with Crippen LogP contribution in [-0.4, -0.2) is 34.3 Å². The number of halogens is 3. The smallest absolute Gasteiger partial charge is 0.417 e. The second-order valence-electron chi connectivity index (χ2n) is 6.85. The molecule has 0 aliphatic carbocycles. The number of amides is 1. The highest BCUT2D eigenvalue weighted by Gasteiger charge is 2.32. The molecular weight excluding hydrogens is 463 g/mol. The zero-order valence-corrected chi connectivity index (χ0v) is 17.3. The van der Waals surface area contributed by atoms with E-state index in [0.29, 0.717) is 23.2 Å². The standard InChI is InChI=1S/C20H14F3N5O4S/c21-20(22,23)13-6-16(8-26-7-13)33(30,31)15-2-1-14(27-9-15)11-28(24)19(29)17-5-12-3-4-25-10-18(12)32-17/h1-10H,11,24H2. The third-order valence-electron chi connectivity index (χ3n) is 4.59. The van der Waals surface area contributed by atoms with Crippen LogP contribution in [0.5, 0.6) is 0 Å². The Kier molecular flexibility index (Phi) is 5.59. The van der Waals surface area contributed by atoms with E-state index in [1.54, 1.807) is 12.3 Å². The third kappa shape index (κ3) is 4.54. The SMILES string of the molecule is NN(Cc1ccc(S(=O)(=O)c2cncc(C(F)(F)F)c2)cn1)C(=O)c1cc2ccncc2o1. The molecule has 0 saturated heterocycles. The van der Waals surface area contributed by atoms with E-state index in [0.717, 1.165) is 23.5 Å². The summed E-state index contributed by atoms with van der Waals surface area (Å²) in [7, 11) is -4.30. The fraction of sp³-hybridized carbons (Fsp3) is 0.100. The monoisotopic (exact) mass is 477 g/mol. The van der Waals surface area contributed by atoms with Crippen molar-refractivity contribution in [3.63, 3.8) is 0 Å². The summed E-state index contributed by atoms with van der Waals surface area (Å²) in [5, 5.41) is 1.50. The fourth-order valence-electron chi connectivity index (χ4n) is 2.90. The Morgan fingerprint density at radius 2 is 1.82 bits per heavy atom. The number of pyridine rings is 3. The first kappa shape index (κ1) is 22.4. The number of rotatable bonds is 5. The Morgan fingerprint density at radius 3 is 2.48 bits per heavy atom. The van der Waals surface area contributed by atoms with Crippen LogP contribution in [0.15, 0.2) is 75.5 Å². The van der Waals surface area contributed by atoms with Crippen LogP contribution in [0.3, 0.4) is 0 Å². The predicted octanol–water partition coefficient (Wildman–Crippen LogP) is 2.99. The number of carbonyl (C=O) groups is 1. The molecule has 0 fully saturated rings. The number of furan rings is 1. The molecule has 0 spiro atoms. The van der Waals surface area contributed by atoms with Gasteiger partial charge in [0.25, 0.3) is 0 Å². The number of hydrazine groups is 1. The molecule has 0 aliphatic rings. The molecule has 2 N–H and O–H groups in total. The molecular formula is C20H14F3N5O4S. The lowest BCUT2D eigenvalue weighted by Crippen LogP contribution is -2.36. The second kappa shape index (κ2) is 8.26. The largest absolute Gasteiger partial charge is 0.449 e. The molecule has 4 aromatic heterocycles. The maximum atomic E-state index is 12.9. The zero-order valence-electron chi connectivity index (χ0n) is 16.5. The van der Waals surface area contributed by atoms with Crippen molar-refractivity contribution >= 4 is 26.7 Å². The molecule has 9 nitrogen and oxygen atoms in total. The van der Waals surface area contributed by atoms with Crippen LogP contribution < -0.4 is 5.84 Å². The summed E-state index contributed by atoms with van der Waals surface area (Å²) in [5.74, 6) is 5.15. The van der Waals surface area contributed by atoms with E-state index in [1.165, 1.54) is 18.3 Å². The van der Waals surface area contributed by atoms with Crippen LogP contribution in [-0.2, 0) is 22.6 Å². The van der Waals surface area contributed by atoms with Gasteiger partial charge in [-0.15, -0.1) is 0 Å². The normalized spacial score (nSPS) is 12.1. The highest BCUT2D eigenvalue weighted by molar-refractivity contribution is 7.91. The van der Waals surface area contributed by atoms with Gasteiger partial charge in [-0.05, 0) is 30.3 Å². The maximum Gasteiger partial charge on any atom is 0.417 e. The van der Waals surface area contributed by atoms with Gasteiger partial charge in [0.05, 0.1) is 33.8 Å². The van der Waals surface area contributed by atoms with E-state index in [-0.39, 0.29) is 22.9 Å². The van der Waals surface area contributed by atoms with E-state index in [1.807, 2.05) is 0 Å². The molecule has 0 aromatic carbocycles. The topological polar surface area (TPSA) is 132 Å². The molecule has 13 heteroatoms. The molecule has 4 heterocycles. The van der Waals surface area contributed by atoms with Crippen molar-refractivity contribution in [3.8, 4) is 0 Å². The Hall–Kier alpha value is -3.84. The van der Waals surface area contributed by atoms with Gasteiger partial charge in [0, 0.05) is 30.2 Å². The Bertz CT molecular complexity index is 1400. The van der Waals surface area contributed by atoms with Crippen LogP contribution in [0.2, 0.25) is 0 Å². The van der Waals surface area contributed by atoms with E-state index < -0.39 is 32.4 Å². The lowest BCUT2D eigenvalue weighted by molar-refractivity contribution is -0.138. The van der Waals surface area contributed by atoms with Crippen molar-refractivity contribution < 1.29 is 30.8 Å². The summed E-state index contributed by atoms with van der Waals surface area (Å²) in [5.41, 5.74) is -0.539. The first-order chi connectivity index (χ1) is 15.6. The molecule has 4 aromatic rings. The van der Waals surface area contributed by atoms with Gasteiger partial charge in [-0.3, -0.25) is 24.8 Å². The van der Waals surface area contributed by atoms with Crippen molar-refractivity contribution in [2.24, 2.45) is 5.84 Å². The van der Waals surface area contributed by atoms with Crippen molar-refractivity contribution in [1.82, 2.24) is 20.0 Å². The fourth-order valence-corrected chi connectivity index (χ4v) is 4.09. The lowest BCUT2D eigenvalue weighted by Gasteiger charge is -2.15. The van der Waals surface area contributed by atoms with Gasteiger partial charge in [0.1, 0.15) is 0 Å². The molecule has 0 saturated carbocycles. The molecule has 1 amide bonds. The molecule has 0 aliphatic heterocycles. The molecule has 4 rings (SSSR count). The summed E-state index contributed by atoms with van der Waals surface area (Å²) < 4.78 is 69.4. The number of nitrogens with two attached hydrogens (primary N) is 1. The number of nitrogens with zero attached hydrogens (tertiary/aromatic N) is 4. The number of aromatic nitrogens is 3. The zero-order chi connectivity index (χ0) is 23.8. The molecule has 33 heavy (non-hydrogen) atoms. The first-order valence-corrected chi connectivity index (χ1v) is 10.7. The van der Waals surface area contributed by atoms with E-state index >= 15 is 0 Å². The van der Waals surface area contributed by atoms with Gasteiger partial charge in [-0.2, -0.15) is 13.2 Å². The van der Waals surface area contributed by atoms with Crippen LogP contribution in [0.25, 0.3) is 11.0 Å². The minimum absolute atomic E-state index is 0.0169. The van der Waals surface area contributed by atoms with Crippen molar-refractivity contribution in [1.29, 1.82) is 0 Å². The number of hydrogen-bond donors (Lipinski definition) is 1. The van der Waals surface area contributed by atoms with E-state index in [4.69, 9.17) is 10.3 Å². The van der Waals surface area contributed by atoms with Crippen LogP contribution in [0.4, 0.5) is 13.2 Å². The predicted molar refractivity (Wildman–Crippen MR) is 107 cm³/mol. The number of hydrogen-bond acceptors (Lipinski definition) is 8. The first-order valence-electron chi connectivity index (χ1n) is 9.18. The number of fused-ring (bicyclic) bond motifs is 1. The Balaban J connectivity index is 1.51. The highest BCUT2D eigenvalue weighted by atomic mass is 32.2. The maximum absolute atomic E-state index is 12.9. The highest BCUT2D eigenvalue weighted by Crippen LogP contribution is 2.31. The van der Waals surface area contributed by atoms with Gasteiger partial charge in [0.2, 0.25) is 9.84 Å². The van der Waals surface area contributed by atoms with Crippen molar-refractivity contribution in [3.05, 3.63) is 78.3 Å². The van der Waals surface area contributed by atoms with Gasteiger partial charge in [0.15, 0.2) is 11.3 Å². The molecule has 0 bridgehead atoms. The summed E-state index contributed by atoms with van der Waals surface area (Å²) >= 11 is 0. The van der Waals surface area contributed by atoms with Crippen molar-refractivity contribution in [2.75, 3.05) is 0 Å². The molecule has 0 radical (unpaired) electrons. The summed E-state index contributed by atoms with van der Waals surface area (Å²) in [4.78, 5) is 22.8. The van der Waals surface area contributed by atoms with Crippen LogP contribution in [0, 0.1) is 0 Å². The molecule has 0 unspecified atom stereocenters. The number of carbonyl (C=O) groups excluding carboxylic acids is 1. The third-order valence-corrected chi connectivity index (χ3v) is 6.29. The van der Waals surface area contributed by atoms with Crippen LogP contribution in [0.1, 0.15) is 21.8 Å². The van der Waals surface area contributed by atoms with Gasteiger partial charge >= 0.3 is 12.1 Å². The number of alkyl halides is 3.